The van der Waals surface area contributed by atoms with Crippen molar-refractivity contribution in [1.29, 1.82) is 0 Å². The van der Waals surface area contributed by atoms with Crippen LogP contribution in [0.15, 0.2) is 24.4 Å². The number of carbonyl (C=O) groups excluding carboxylic acids is 1. The molecule has 0 saturated heterocycles. The van der Waals surface area contributed by atoms with Crippen molar-refractivity contribution >= 4 is 11.6 Å². The predicted molar refractivity (Wildman–Crippen MR) is 65.4 cm³/mol. The van der Waals surface area contributed by atoms with E-state index in [1.165, 1.54) is 6.92 Å². The van der Waals surface area contributed by atoms with Crippen LogP contribution in [0.4, 0.5) is 5.69 Å². The first-order valence-electron chi connectivity index (χ1n) is 5.47. The van der Waals surface area contributed by atoms with Gasteiger partial charge in [-0.05, 0) is 19.1 Å². The molecule has 19 heavy (non-hydrogen) atoms. The predicted octanol–water partition coefficient (Wildman–Crippen LogP) is 0.951. The van der Waals surface area contributed by atoms with Crippen LogP contribution < -0.4 is 5.32 Å². The Morgan fingerprint density at radius 3 is 2.95 bits per heavy atom. The molecule has 0 radical (unpaired) electrons. The van der Waals surface area contributed by atoms with Gasteiger partial charge in [0.05, 0.1) is 17.2 Å². The van der Waals surface area contributed by atoms with E-state index in [1.54, 1.807) is 24.4 Å². The molecule has 8 nitrogen and oxygen atoms in total. The van der Waals surface area contributed by atoms with Crippen LogP contribution >= 0.6 is 0 Å². The molecule has 0 aromatic carbocycles. The lowest BCUT2D eigenvalue weighted by Gasteiger charge is -2.02. The average Bonchev–Trinajstić information content (AvgIpc) is 2.79. The van der Waals surface area contributed by atoms with Crippen molar-refractivity contribution in [3.8, 4) is 0 Å². The molecule has 0 fully saturated rings. The summed E-state index contributed by atoms with van der Waals surface area (Å²) in [5.74, 6) is -0.610. The number of carbonyl (C=O) groups is 1. The van der Waals surface area contributed by atoms with E-state index in [9.17, 15) is 14.9 Å². The van der Waals surface area contributed by atoms with Gasteiger partial charge in [-0.2, -0.15) is 5.10 Å². The normalized spacial score (nSPS) is 10.2. The first-order chi connectivity index (χ1) is 9.09. The smallest absolute Gasteiger partial charge is 0.322 e. The molecule has 0 aliphatic rings. The van der Waals surface area contributed by atoms with Crippen molar-refractivity contribution in [1.82, 2.24) is 20.5 Å². The van der Waals surface area contributed by atoms with Crippen LogP contribution in [0.1, 0.15) is 21.9 Å². The number of amides is 1. The number of aromatic amines is 1. The standard InChI is InChI=1S/C11H11N5O3/c1-7-10(16(18)19)9(15-14-7)11(17)13-6-8-4-2-3-5-12-8/h2-5H,6H2,1H3,(H,13,17)(H,14,15). The fourth-order valence-electron chi connectivity index (χ4n) is 1.56. The van der Waals surface area contributed by atoms with Crippen molar-refractivity contribution < 1.29 is 9.72 Å². The summed E-state index contributed by atoms with van der Waals surface area (Å²) in [6.45, 7) is 1.67. The summed E-state index contributed by atoms with van der Waals surface area (Å²) in [5.41, 5.74) is 0.371. The molecule has 2 heterocycles. The highest BCUT2D eigenvalue weighted by Gasteiger charge is 2.26. The molecule has 2 rings (SSSR count). The molecule has 2 N–H and O–H groups in total. The van der Waals surface area contributed by atoms with Crippen molar-refractivity contribution in [2.24, 2.45) is 0 Å². The highest BCUT2D eigenvalue weighted by Crippen LogP contribution is 2.19. The maximum absolute atomic E-state index is 11.8. The van der Waals surface area contributed by atoms with Gasteiger partial charge in [-0.15, -0.1) is 0 Å². The van der Waals surface area contributed by atoms with Gasteiger partial charge in [-0.25, -0.2) is 0 Å². The Bertz CT molecular complexity index is 608. The number of nitrogens with zero attached hydrogens (tertiary/aromatic N) is 3. The Morgan fingerprint density at radius 2 is 2.32 bits per heavy atom. The van der Waals surface area contributed by atoms with E-state index in [0.29, 0.717) is 5.69 Å². The third-order valence-electron chi connectivity index (χ3n) is 2.47. The molecule has 0 aliphatic heterocycles. The van der Waals surface area contributed by atoms with Gasteiger partial charge in [0.2, 0.25) is 5.69 Å². The third-order valence-corrected chi connectivity index (χ3v) is 2.47. The fraction of sp³-hybridized carbons (Fsp3) is 0.182. The molecule has 98 valence electrons. The van der Waals surface area contributed by atoms with E-state index >= 15 is 0 Å². The summed E-state index contributed by atoms with van der Waals surface area (Å²) in [4.78, 5) is 26.1. The van der Waals surface area contributed by atoms with Crippen LogP contribution in [0.5, 0.6) is 0 Å². The van der Waals surface area contributed by atoms with Crippen LogP contribution in [-0.2, 0) is 6.54 Å². The summed E-state index contributed by atoms with van der Waals surface area (Å²) in [6, 6.07) is 5.29. The molecule has 2 aromatic heterocycles. The molecule has 8 heteroatoms. The Balaban J connectivity index is 2.11. The zero-order valence-corrected chi connectivity index (χ0v) is 10.1. The van der Waals surface area contributed by atoms with Gasteiger partial charge in [0.15, 0.2) is 0 Å². The maximum Gasteiger partial charge on any atom is 0.322 e. The topological polar surface area (TPSA) is 114 Å². The zero-order chi connectivity index (χ0) is 13.8. The molecule has 2 aromatic rings. The number of rotatable bonds is 4. The van der Waals surface area contributed by atoms with Crippen LogP contribution in [0, 0.1) is 17.0 Å². The molecule has 1 amide bonds. The lowest BCUT2D eigenvalue weighted by molar-refractivity contribution is -0.385. The SMILES string of the molecule is Cc1[nH]nc(C(=O)NCc2ccccn2)c1[N+](=O)[O-]. The average molecular weight is 261 g/mol. The summed E-state index contributed by atoms with van der Waals surface area (Å²) in [7, 11) is 0. The lowest BCUT2D eigenvalue weighted by Crippen LogP contribution is -2.24. The van der Waals surface area contributed by atoms with Crippen LogP contribution in [0.3, 0.4) is 0 Å². The first-order valence-corrected chi connectivity index (χ1v) is 5.47. The minimum atomic E-state index is -0.630. The number of hydrogen-bond donors (Lipinski definition) is 2. The zero-order valence-electron chi connectivity index (χ0n) is 10.1. The minimum Gasteiger partial charge on any atom is -0.345 e. The van der Waals surface area contributed by atoms with E-state index in [-0.39, 0.29) is 23.6 Å². The Morgan fingerprint density at radius 1 is 1.53 bits per heavy atom. The van der Waals surface area contributed by atoms with Gasteiger partial charge in [-0.3, -0.25) is 25.0 Å². The lowest BCUT2D eigenvalue weighted by atomic mass is 10.3. The fourth-order valence-corrected chi connectivity index (χ4v) is 1.56. The minimum absolute atomic E-state index is 0.183. The molecule has 0 saturated carbocycles. The summed E-state index contributed by atoms with van der Waals surface area (Å²) < 4.78 is 0. The van der Waals surface area contributed by atoms with Crippen molar-refractivity contribution in [3.05, 3.63) is 51.6 Å². The highest BCUT2D eigenvalue weighted by atomic mass is 16.6. The molecular formula is C11H11N5O3. The largest absolute Gasteiger partial charge is 0.345 e. The van der Waals surface area contributed by atoms with Crippen molar-refractivity contribution in [2.75, 3.05) is 0 Å². The number of nitrogens with one attached hydrogen (secondary N) is 2. The summed E-state index contributed by atoms with van der Waals surface area (Å²) in [6.07, 6.45) is 1.60. The van der Waals surface area contributed by atoms with Crippen LogP contribution in [-0.4, -0.2) is 26.0 Å². The quantitative estimate of drug-likeness (QED) is 0.628. The second-order valence-corrected chi connectivity index (χ2v) is 3.81. The van der Waals surface area contributed by atoms with Crippen LogP contribution in [0.25, 0.3) is 0 Å². The number of nitro groups is 1. The van der Waals surface area contributed by atoms with Gasteiger partial charge in [0.1, 0.15) is 5.69 Å². The van der Waals surface area contributed by atoms with E-state index in [0.717, 1.165) is 0 Å². The molecular weight excluding hydrogens is 250 g/mol. The van der Waals surface area contributed by atoms with E-state index in [2.05, 4.69) is 20.5 Å². The van der Waals surface area contributed by atoms with Crippen LogP contribution in [0.2, 0.25) is 0 Å². The Kier molecular flexibility index (Phi) is 3.51. The maximum atomic E-state index is 11.8. The van der Waals surface area contributed by atoms with Crippen molar-refractivity contribution in [3.63, 3.8) is 0 Å². The molecule has 0 spiro atoms. The molecule has 0 atom stereocenters. The van der Waals surface area contributed by atoms with E-state index in [1.807, 2.05) is 0 Å². The van der Waals surface area contributed by atoms with Gasteiger partial charge in [-0.1, -0.05) is 6.07 Å². The second-order valence-electron chi connectivity index (χ2n) is 3.81. The second kappa shape index (κ2) is 5.25. The number of H-pyrrole nitrogens is 1. The van der Waals surface area contributed by atoms with E-state index < -0.39 is 10.8 Å². The highest BCUT2D eigenvalue weighted by molar-refractivity contribution is 5.96. The number of aryl methyl sites for hydroxylation is 1. The number of hydrogen-bond acceptors (Lipinski definition) is 5. The van der Waals surface area contributed by atoms with Crippen molar-refractivity contribution in [2.45, 2.75) is 13.5 Å². The summed E-state index contributed by atoms with van der Waals surface area (Å²) in [5, 5.41) is 19.5. The van der Waals surface area contributed by atoms with Gasteiger partial charge in [0, 0.05) is 6.20 Å². The monoisotopic (exact) mass is 261 g/mol. The first kappa shape index (κ1) is 12.7. The van der Waals surface area contributed by atoms with Gasteiger partial charge >= 0.3 is 5.69 Å². The Labute approximate surface area is 108 Å². The molecule has 0 aliphatic carbocycles. The Hall–Kier alpha value is -2.77. The number of pyridine rings is 1. The molecule has 0 unspecified atom stereocenters. The molecule has 0 bridgehead atoms. The summed E-state index contributed by atoms with van der Waals surface area (Å²) >= 11 is 0. The van der Waals surface area contributed by atoms with Gasteiger partial charge < -0.3 is 5.32 Å². The third kappa shape index (κ3) is 2.73. The van der Waals surface area contributed by atoms with Gasteiger partial charge in [0.25, 0.3) is 5.91 Å². The van der Waals surface area contributed by atoms with E-state index in [4.69, 9.17) is 0 Å². The number of aromatic nitrogens is 3.